The Morgan fingerprint density at radius 1 is 1.44 bits per heavy atom. The van der Waals surface area contributed by atoms with Crippen LogP contribution < -0.4 is 11.1 Å². The molecule has 1 aliphatic rings. The first kappa shape index (κ1) is 13.4. The Morgan fingerprint density at radius 3 is 2.61 bits per heavy atom. The predicted molar refractivity (Wildman–Crippen MR) is 63.4 cm³/mol. The van der Waals surface area contributed by atoms with E-state index in [1.807, 2.05) is 0 Å². The number of alkyl halides is 3. The van der Waals surface area contributed by atoms with Gasteiger partial charge in [-0.2, -0.15) is 13.2 Å². The van der Waals surface area contributed by atoms with E-state index in [1.54, 1.807) is 0 Å². The summed E-state index contributed by atoms with van der Waals surface area (Å²) in [6.07, 6.45) is -1.80. The van der Waals surface area contributed by atoms with Gasteiger partial charge in [-0.25, -0.2) is 4.98 Å². The molecular formula is C11H13ClF3N3. The van der Waals surface area contributed by atoms with Gasteiger partial charge in [-0.3, -0.25) is 0 Å². The summed E-state index contributed by atoms with van der Waals surface area (Å²) in [5.74, 6) is 0.727. The molecule has 3 nitrogen and oxygen atoms in total. The molecule has 0 atom stereocenters. The zero-order chi connectivity index (χ0) is 13.3. The Labute approximate surface area is 108 Å². The highest BCUT2D eigenvalue weighted by Gasteiger charge is 2.32. The lowest BCUT2D eigenvalue weighted by Gasteiger charge is -2.32. The van der Waals surface area contributed by atoms with E-state index in [9.17, 15) is 13.2 Å². The molecule has 18 heavy (non-hydrogen) atoms. The highest BCUT2D eigenvalue weighted by atomic mass is 35.5. The lowest BCUT2D eigenvalue weighted by atomic mass is 9.81. The largest absolute Gasteiger partial charge is 0.417 e. The topological polar surface area (TPSA) is 50.9 Å². The van der Waals surface area contributed by atoms with Crippen molar-refractivity contribution >= 4 is 17.4 Å². The minimum Gasteiger partial charge on any atom is -0.369 e. The molecule has 100 valence electrons. The third-order valence-electron chi connectivity index (χ3n) is 3.00. The predicted octanol–water partition coefficient (Wildman–Crippen LogP) is 2.90. The summed E-state index contributed by atoms with van der Waals surface area (Å²) in [6, 6.07) is 1.12. The Balaban J connectivity index is 1.97. The van der Waals surface area contributed by atoms with Gasteiger partial charge in [0.1, 0.15) is 5.82 Å². The van der Waals surface area contributed by atoms with Gasteiger partial charge in [0.15, 0.2) is 0 Å². The average molecular weight is 280 g/mol. The maximum atomic E-state index is 12.4. The van der Waals surface area contributed by atoms with E-state index in [0.717, 1.165) is 25.1 Å². The second-order valence-corrected chi connectivity index (χ2v) is 4.94. The van der Waals surface area contributed by atoms with Crippen LogP contribution in [-0.4, -0.2) is 17.6 Å². The highest BCUT2D eigenvalue weighted by molar-refractivity contribution is 6.32. The van der Waals surface area contributed by atoms with Gasteiger partial charge < -0.3 is 11.1 Å². The van der Waals surface area contributed by atoms with E-state index < -0.39 is 11.7 Å². The molecule has 3 N–H and O–H groups in total. The molecular weight excluding hydrogens is 267 g/mol. The maximum Gasteiger partial charge on any atom is 0.417 e. The Morgan fingerprint density at radius 2 is 2.11 bits per heavy atom. The van der Waals surface area contributed by atoms with Gasteiger partial charge in [-0.15, -0.1) is 0 Å². The average Bonchev–Trinajstić information content (AvgIpc) is 2.22. The van der Waals surface area contributed by atoms with E-state index in [2.05, 4.69) is 10.3 Å². The van der Waals surface area contributed by atoms with Crippen LogP contribution in [0.1, 0.15) is 18.4 Å². The van der Waals surface area contributed by atoms with Gasteiger partial charge in [0, 0.05) is 18.8 Å². The summed E-state index contributed by atoms with van der Waals surface area (Å²) in [5, 5.41) is 2.93. The van der Waals surface area contributed by atoms with Crippen molar-refractivity contribution in [1.82, 2.24) is 4.98 Å². The number of nitrogens with two attached hydrogens (primary N) is 1. The third-order valence-corrected chi connectivity index (χ3v) is 3.29. The van der Waals surface area contributed by atoms with E-state index in [0.29, 0.717) is 12.5 Å². The minimum atomic E-state index is -4.42. The minimum absolute atomic E-state index is 0.0200. The normalized spacial score (nSPS) is 23.6. The molecule has 1 aromatic heterocycles. The van der Waals surface area contributed by atoms with Gasteiger partial charge in [0.25, 0.3) is 0 Å². The number of nitrogens with zero attached hydrogens (tertiary/aromatic N) is 1. The molecule has 2 rings (SSSR count). The van der Waals surface area contributed by atoms with Crippen molar-refractivity contribution in [1.29, 1.82) is 0 Å². The molecule has 1 fully saturated rings. The van der Waals surface area contributed by atoms with Gasteiger partial charge in [-0.05, 0) is 24.8 Å². The second-order valence-electron chi connectivity index (χ2n) is 4.53. The molecule has 1 aromatic rings. The highest BCUT2D eigenvalue weighted by Crippen LogP contribution is 2.33. The number of anilines is 1. The van der Waals surface area contributed by atoms with Crippen molar-refractivity contribution in [3.63, 3.8) is 0 Å². The molecule has 0 saturated heterocycles. The van der Waals surface area contributed by atoms with Gasteiger partial charge in [0.2, 0.25) is 0 Å². The fourth-order valence-electron chi connectivity index (χ4n) is 1.92. The standard InChI is InChI=1S/C11H13ClF3N3/c12-9-3-7(11(13,14)15)5-18-10(9)17-4-6-1-8(16)2-6/h3,5-6,8H,1-2,4,16H2,(H,17,18). The van der Waals surface area contributed by atoms with Crippen molar-refractivity contribution < 1.29 is 13.2 Å². The van der Waals surface area contributed by atoms with Crippen LogP contribution in [0.15, 0.2) is 12.3 Å². The Bertz CT molecular complexity index is 430. The summed E-state index contributed by atoms with van der Waals surface area (Å²) >= 11 is 5.76. The van der Waals surface area contributed by atoms with Crippen molar-refractivity contribution in [2.75, 3.05) is 11.9 Å². The van der Waals surface area contributed by atoms with E-state index in [-0.39, 0.29) is 16.9 Å². The number of halogens is 4. The number of aromatic nitrogens is 1. The van der Waals surface area contributed by atoms with Crippen LogP contribution in [0.25, 0.3) is 0 Å². The first-order valence-electron chi connectivity index (χ1n) is 5.58. The summed E-state index contributed by atoms with van der Waals surface area (Å²) < 4.78 is 37.2. The molecule has 1 aliphatic carbocycles. The number of nitrogens with one attached hydrogen (secondary N) is 1. The molecule has 1 heterocycles. The monoisotopic (exact) mass is 279 g/mol. The molecule has 1 saturated carbocycles. The van der Waals surface area contributed by atoms with Crippen molar-refractivity contribution in [3.05, 3.63) is 22.8 Å². The van der Waals surface area contributed by atoms with Crippen molar-refractivity contribution in [2.45, 2.75) is 25.1 Å². The van der Waals surface area contributed by atoms with E-state index in [1.165, 1.54) is 0 Å². The van der Waals surface area contributed by atoms with Crippen molar-refractivity contribution in [3.8, 4) is 0 Å². The number of hydrogen-bond acceptors (Lipinski definition) is 3. The Kier molecular flexibility index (Phi) is 3.68. The fourth-order valence-corrected chi connectivity index (χ4v) is 2.15. The third kappa shape index (κ3) is 3.05. The number of pyridine rings is 1. The van der Waals surface area contributed by atoms with Crippen molar-refractivity contribution in [2.24, 2.45) is 11.7 Å². The summed E-state index contributed by atoms with van der Waals surface area (Å²) in [7, 11) is 0. The van der Waals surface area contributed by atoms with Crippen LogP contribution in [0.4, 0.5) is 19.0 Å². The molecule has 0 bridgehead atoms. The van der Waals surface area contributed by atoms with E-state index in [4.69, 9.17) is 17.3 Å². The SMILES string of the molecule is NC1CC(CNc2ncc(C(F)(F)F)cc2Cl)C1. The van der Waals surface area contributed by atoms with Crippen LogP contribution >= 0.6 is 11.6 Å². The maximum absolute atomic E-state index is 12.4. The summed E-state index contributed by atoms with van der Waals surface area (Å²) in [4.78, 5) is 3.70. The lowest BCUT2D eigenvalue weighted by molar-refractivity contribution is -0.137. The van der Waals surface area contributed by atoms with Crippen LogP contribution in [0, 0.1) is 5.92 Å². The summed E-state index contributed by atoms with van der Waals surface area (Å²) in [5.41, 5.74) is 4.80. The number of hydrogen-bond donors (Lipinski definition) is 2. The zero-order valence-corrected chi connectivity index (χ0v) is 10.2. The quantitative estimate of drug-likeness (QED) is 0.894. The molecule has 0 aliphatic heterocycles. The molecule has 0 unspecified atom stereocenters. The molecule has 0 amide bonds. The Hall–Kier alpha value is -1.01. The van der Waals surface area contributed by atoms with Gasteiger partial charge in [-0.1, -0.05) is 11.6 Å². The van der Waals surface area contributed by atoms with Crippen LogP contribution in [0.3, 0.4) is 0 Å². The molecule has 0 aromatic carbocycles. The lowest BCUT2D eigenvalue weighted by Crippen LogP contribution is -2.39. The zero-order valence-electron chi connectivity index (χ0n) is 9.47. The molecule has 7 heteroatoms. The number of rotatable bonds is 3. The van der Waals surface area contributed by atoms with Crippen LogP contribution in [-0.2, 0) is 6.18 Å². The van der Waals surface area contributed by atoms with E-state index >= 15 is 0 Å². The molecule has 0 spiro atoms. The first-order chi connectivity index (χ1) is 8.36. The second kappa shape index (κ2) is 4.93. The summed E-state index contributed by atoms with van der Waals surface area (Å²) in [6.45, 7) is 0.631. The smallest absolute Gasteiger partial charge is 0.369 e. The first-order valence-corrected chi connectivity index (χ1v) is 5.96. The fraction of sp³-hybridized carbons (Fsp3) is 0.545. The molecule has 0 radical (unpaired) electrons. The van der Waals surface area contributed by atoms with Gasteiger partial charge >= 0.3 is 6.18 Å². The van der Waals surface area contributed by atoms with Crippen LogP contribution in [0.5, 0.6) is 0 Å². The van der Waals surface area contributed by atoms with Gasteiger partial charge in [0.05, 0.1) is 10.6 Å². The van der Waals surface area contributed by atoms with Crippen LogP contribution in [0.2, 0.25) is 5.02 Å².